The van der Waals surface area contributed by atoms with E-state index in [1.165, 1.54) is 12.3 Å². The quantitative estimate of drug-likeness (QED) is 0.534. The van der Waals surface area contributed by atoms with Crippen LogP contribution in [0.5, 0.6) is 5.88 Å². The first kappa shape index (κ1) is 21.1. The zero-order chi connectivity index (χ0) is 22.9. The number of carbonyl (C=O) groups excluding carboxylic acids is 1. The van der Waals surface area contributed by atoms with E-state index < -0.39 is 52.7 Å². The summed E-state index contributed by atoms with van der Waals surface area (Å²) < 4.78 is 64.8. The van der Waals surface area contributed by atoms with Crippen molar-refractivity contribution in [2.75, 3.05) is 11.9 Å². The molecule has 0 aromatic carbocycles. The van der Waals surface area contributed by atoms with Gasteiger partial charge in [0, 0.05) is 24.1 Å². The van der Waals surface area contributed by atoms with E-state index in [4.69, 9.17) is 9.47 Å². The average molecular weight is 453 g/mol. The highest BCUT2D eigenvalue weighted by Gasteiger charge is 2.87. The van der Waals surface area contributed by atoms with Crippen molar-refractivity contribution >= 4 is 11.7 Å². The number of anilines is 1. The molecule has 1 amide bonds. The highest BCUT2D eigenvalue weighted by Crippen LogP contribution is 2.77. The zero-order valence-electron chi connectivity index (χ0n) is 16.8. The van der Waals surface area contributed by atoms with Crippen molar-refractivity contribution in [3.8, 4) is 5.88 Å². The Morgan fingerprint density at radius 3 is 2.84 bits per heavy atom. The van der Waals surface area contributed by atoms with Crippen LogP contribution < -0.4 is 10.1 Å². The number of rotatable bonds is 5. The minimum absolute atomic E-state index is 0.0951. The standard InChI is InChI=1S/C21H19F4N3O4/c1-2-31-16-7-11(21(23,24)25)6-15(27-16)28-18(30)20-9-19(20,10-3-4-26-14(22)5-10)17-12(29)8-13(20)32-17/h3-7,12-13,17,29H,2,8-9H2,1H3,(H,27,28,30). The molecular weight excluding hydrogens is 434 g/mol. The van der Waals surface area contributed by atoms with Crippen LogP contribution in [0.25, 0.3) is 0 Å². The molecule has 1 aliphatic carbocycles. The summed E-state index contributed by atoms with van der Waals surface area (Å²) in [6.07, 6.45) is -5.15. The average Bonchev–Trinajstić information content (AvgIpc) is 3.21. The lowest BCUT2D eigenvalue weighted by molar-refractivity contribution is -0.137. The van der Waals surface area contributed by atoms with Gasteiger partial charge in [0.25, 0.3) is 0 Å². The van der Waals surface area contributed by atoms with Crippen LogP contribution in [0.4, 0.5) is 23.4 Å². The normalized spacial score (nSPS) is 32.5. The van der Waals surface area contributed by atoms with Gasteiger partial charge in [-0.2, -0.15) is 22.5 Å². The molecule has 2 N–H and O–H groups in total. The summed E-state index contributed by atoms with van der Waals surface area (Å²) in [5, 5.41) is 12.9. The number of ether oxygens (including phenoxy) is 2. The van der Waals surface area contributed by atoms with E-state index in [-0.39, 0.29) is 31.1 Å². The van der Waals surface area contributed by atoms with Crippen molar-refractivity contribution < 1.29 is 36.9 Å². The maximum Gasteiger partial charge on any atom is 0.416 e. The summed E-state index contributed by atoms with van der Waals surface area (Å²) in [6, 6.07) is 4.25. The Morgan fingerprint density at radius 1 is 1.38 bits per heavy atom. The first-order valence-electron chi connectivity index (χ1n) is 10.1. The Balaban J connectivity index is 1.51. The monoisotopic (exact) mass is 453 g/mol. The largest absolute Gasteiger partial charge is 0.478 e. The topological polar surface area (TPSA) is 93.6 Å². The SMILES string of the molecule is CCOc1cc(C(F)(F)F)cc(NC(=O)C23CC2(c2ccnc(F)c2)C2OC3CC2O)n1. The van der Waals surface area contributed by atoms with Crippen molar-refractivity contribution in [3.63, 3.8) is 0 Å². The number of pyridine rings is 2. The lowest BCUT2D eigenvalue weighted by atomic mass is 9.74. The summed E-state index contributed by atoms with van der Waals surface area (Å²) >= 11 is 0. The lowest BCUT2D eigenvalue weighted by Crippen LogP contribution is -2.44. The summed E-state index contributed by atoms with van der Waals surface area (Å²) in [6.45, 7) is 1.70. The maximum atomic E-state index is 13.8. The molecule has 0 spiro atoms. The number of amides is 1. The molecule has 2 saturated heterocycles. The first-order valence-corrected chi connectivity index (χ1v) is 10.1. The number of alkyl halides is 3. The Kier molecular flexibility index (Phi) is 4.51. The van der Waals surface area contributed by atoms with Crippen LogP contribution in [0.1, 0.15) is 30.9 Å². The number of aliphatic hydroxyl groups excluding tert-OH is 1. The van der Waals surface area contributed by atoms with Crippen molar-refractivity contribution in [2.45, 2.75) is 49.7 Å². The predicted molar refractivity (Wildman–Crippen MR) is 101 cm³/mol. The lowest BCUT2D eigenvalue weighted by Gasteiger charge is -2.29. The number of aromatic nitrogens is 2. The molecule has 5 rings (SSSR count). The van der Waals surface area contributed by atoms with E-state index in [1.807, 2.05) is 0 Å². The molecule has 2 aromatic heterocycles. The van der Waals surface area contributed by atoms with Gasteiger partial charge in [-0.25, -0.2) is 4.98 Å². The van der Waals surface area contributed by atoms with Crippen LogP contribution >= 0.6 is 0 Å². The van der Waals surface area contributed by atoms with Gasteiger partial charge in [0.2, 0.25) is 17.7 Å². The van der Waals surface area contributed by atoms with Gasteiger partial charge in [0.05, 0.1) is 35.9 Å². The van der Waals surface area contributed by atoms with E-state index in [0.29, 0.717) is 5.56 Å². The number of halogens is 4. The second-order valence-corrected chi connectivity index (χ2v) is 8.30. The summed E-state index contributed by atoms with van der Waals surface area (Å²) in [5.41, 5.74) is -2.71. The van der Waals surface area contributed by atoms with Gasteiger partial charge >= 0.3 is 6.18 Å². The van der Waals surface area contributed by atoms with E-state index in [9.17, 15) is 27.5 Å². The Hall–Kier alpha value is -2.79. The van der Waals surface area contributed by atoms with Crippen LogP contribution in [0, 0.1) is 11.4 Å². The van der Waals surface area contributed by atoms with Crippen LogP contribution in [0.3, 0.4) is 0 Å². The molecule has 0 radical (unpaired) electrons. The fraction of sp³-hybridized carbons (Fsp3) is 0.476. The molecule has 5 unspecified atom stereocenters. The van der Waals surface area contributed by atoms with E-state index in [2.05, 4.69) is 15.3 Å². The van der Waals surface area contributed by atoms with Gasteiger partial charge in [-0.05, 0) is 37.1 Å². The Labute approximate surface area is 179 Å². The van der Waals surface area contributed by atoms with Gasteiger partial charge < -0.3 is 19.9 Å². The van der Waals surface area contributed by atoms with Gasteiger partial charge in [-0.15, -0.1) is 0 Å². The molecular formula is C21H19F4N3O4. The molecule has 5 atom stereocenters. The first-order chi connectivity index (χ1) is 15.1. The third kappa shape index (κ3) is 2.83. The molecule has 2 aromatic rings. The number of aliphatic hydroxyl groups is 1. The van der Waals surface area contributed by atoms with Crippen LogP contribution in [-0.4, -0.2) is 45.9 Å². The van der Waals surface area contributed by atoms with E-state index in [0.717, 1.165) is 12.1 Å². The minimum Gasteiger partial charge on any atom is -0.478 e. The van der Waals surface area contributed by atoms with Crippen molar-refractivity contribution in [3.05, 3.63) is 47.5 Å². The number of fused-ring (bicyclic) bond motifs is 5. The number of nitrogens with one attached hydrogen (secondary N) is 1. The Bertz CT molecular complexity index is 1100. The van der Waals surface area contributed by atoms with E-state index >= 15 is 0 Å². The van der Waals surface area contributed by atoms with Gasteiger partial charge in [0.15, 0.2) is 0 Å². The van der Waals surface area contributed by atoms with Crippen LogP contribution in [0.2, 0.25) is 0 Å². The third-order valence-electron chi connectivity index (χ3n) is 6.69. The molecule has 32 heavy (non-hydrogen) atoms. The number of carbonyl (C=O) groups is 1. The second kappa shape index (κ2) is 6.85. The predicted octanol–water partition coefficient (Wildman–Crippen LogP) is 2.83. The number of hydrogen-bond acceptors (Lipinski definition) is 6. The second-order valence-electron chi connectivity index (χ2n) is 8.30. The summed E-state index contributed by atoms with van der Waals surface area (Å²) in [4.78, 5) is 20.9. The zero-order valence-corrected chi connectivity index (χ0v) is 16.8. The molecule has 170 valence electrons. The number of hydrogen-bond donors (Lipinski definition) is 2. The third-order valence-corrected chi connectivity index (χ3v) is 6.69. The van der Waals surface area contributed by atoms with Gasteiger partial charge in [0.1, 0.15) is 5.82 Å². The summed E-state index contributed by atoms with van der Waals surface area (Å²) in [7, 11) is 0. The van der Waals surface area contributed by atoms with Gasteiger partial charge in [-0.3, -0.25) is 4.79 Å². The van der Waals surface area contributed by atoms with Crippen molar-refractivity contribution in [1.29, 1.82) is 0 Å². The highest BCUT2D eigenvalue weighted by atomic mass is 19.4. The van der Waals surface area contributed by atoms with Crippen molar-refractivity contribution in [2.24, 2.45) is 5.41 Å². The van der Waals surface area contributed by atoms with Crippen LogP contribution in [-0.2, 0) is 21.1 Å². The molecule has 4 heterocycles. The molecule has 7 nitrogen and oxygen atoms in total. The van der Waals surface area contributed by atoms with Gasteiger partial charge in [-0.1, -0.05) is 0 Å². The fourth-order valence-corrected chi connectivity index (χ4v) is 5.39. The van der Waals surface area contributed by atoms with Crippen molar-refractivity contribution in [1.82, 2.24) is 9.97 Å². The Morgan fingerprint density at radius 2 is 2.16 bits per heavy atom. The maximum absolute atomic E-state index is 13.8. The molecule has 11 heteroatoms. The molecule has 2 aliphatic heterocycles. The van der Waals surface area contributed by atoms with E-state index in [1.54, 1.807) is 13.0 Å². The highest BCUT2D eigenvalue weighted by molar-refractivity contribution is 6.00. The minimum atomic E-state index is -4.66. The summed E-state index contributed by atoms with van der Waals surface area (Å²) in [5.74, 6) is -1.92. The molecule has 3 aliphatic rings. The molecule has 2 bridgehead atoms. The number of nitrogens with zero attached hydrogens (tertiary/aromatic N) is 2. The molecule has 3 fully saturated rings. The smallest absolute Gasteiger partial charge is 0.416 e. The molecule has 1 saturated carbocycles. The fourth-order valence-electron chi connectivity index (χ4n) is 5.39. The van der Waals surface area contributed by atoms with Crippen LogP contribution in [0.15, 0.2) is 30.5 Å².